The largest absolute Gasteiger partial charge is 0.325 e. The molecule has 2 amide bonds. The van der Waals surface area contributed by atoms with Crippen LogP contribution in [0.5, 0.6) is 0 Å². The number of benzene rings is 3. The number of nitrogens with zero attached hydrogens (tertiary/aromatic N) is 2. The number of hydrogen-bond donors (Lipinski definition) is 2. The molecule has 1 heterocycles. The molecule has 1 unspecified atom stereocenters. The van der Waals surface area contributed by atoms with Crippen molar-refractivity contribution in [3.8, 4) is 0 Å². The average Bonchev–Trinajstić information content (AvgIpc) is 3.08. The number of para-hydroxylation sites is 1. The second-order valence-electron chi connectivity index (χ2n) is 12.2. The molecule has 2 aliphatic rings. The quantitative estimate of drug-likeness (QED) is 0.427. The van der Waals surface area contributed by atoms with Gasteiger partial charge in [0.05, 0.1) is 16.3 Å². The van der Waals surface area contributed by atoms with Gasteiger partial charge >= 0.3 is 0 Å². The second kappa shape index (κ2) is 11.5. The van der Waals surface area contributed by atoms with Gasteiger partial charge in [-0.2, -0.15) is 4.72 Å². The molecule has 0 saturated heterocycles. The number of likely N-dealkylation sites (N-methyl/N-ethyl adjacent to an activating group) is 1. The molecule has 1 saturated carbocycles. The van der Waals surface area contributed by atoms with Gasteiger partial charge in [0.15, 0.2) is 0 Å². The maximum atomic E-state index is 14.1. The van der Waals surface area contributed by atoms with E-state index in [4.69, 9.17) is 4.99 Å². The molecule has 5 rings (SSSR count). The average molecular weight is 587 g/mol. The van der Waals surface area contributed by atoms with Crippen LogP contribution in [0.2, 0.25) is 0 Å². The fraction of sp³-hybridized carbons (Fsp3) is 0.364. The summed E-state index contributed by atoms with van der Waals surface area (Å²) < 4.78 is 30.0. The highest BCUT2D eigenvalue weighted by Gasteiger charge is 2.45. The van der Waals surface area contributed by atoms with Crippen molar-refractivity contribution in [2.45, 2.75) is 74.9 Å². The Hall–Kier alpha value is -3.82. The van der Waals surface area contributed by atoms with Crippen molar-refractivity contribution in [2.75, 3.05) is 11.9 Å². The van der Waals surface area contributed by atoms with Gasteiger partial charge in [0.1, 0.15) is 5.54 Å². The third-order valence-corrected chi connectivity index (χ3v) is 9.71. The van der Waals surface area contributed by atoms with E-state index in [1.54, 1.807) is 31.3 Å². The number of sulfonamides is 1. The zero-order chi connectivity index (χ0) is 30.1. The second-order valence-corrected chi connectivity index (χ2v) is 13.8. The maximum Gasteiger partial charge on any atom is 0.272 e. The van der Waals surface area contributed by atoms with Crippen LogP contribution in [-0.4, -0.2) is 44.7 Å². The minimum Gasteiger partial charge on any atom is -0.325 e. The van der Waals surface area contributed by atoms with Gasteiger partial charge in [0, 0.05) is 18.2 Å². The summed E-state index contributed by atoms with van der Waals surface area (Å²) in [5, 5.41) is 2.84. The molecule has 0 aromatic heterocycles. The molecule has 42 heavy (non-hydrogen) atoms. The summed E-state index contributed by atoms with van der Waals surface area (Å²) in [6, 6.07) is 23.8. The van der Waals surface area contributed by atoms with Crippen LogP contribution in [0, 0.1) is 0 Å². The van der Waals surface area contributed by atoms with Crippen LogP contribution in [0.25, 0.3) is 0 Å². The Balaban J connectivity index is 1.49. The predicted molar refractivity (Wildman–Crippen MR) is 165 cm³/mol. The minimum absolute atomic E-state index is 0.0957. The van der Waals surface area contributed by atoms with Gasteiger partial charge in [-0.05, 0) is 42.0 Å². The molecule has 1 fully saturated rings. The number of benzodiazepines with no additional fused rings is 1. The number of amides is 2. The number of hydrogen-bond acceptors (Lipinski definition) is 5. The molecule has 220 valence electrons. The molecule has 8 nitrogen and oxygen atoms in total. The van der Waals surface area contributed by atoms with E-state index in [9.17, 15) is 18.0 Å². The van der Waals surface area contributed by atoms with E-state index in [-0.39, 0.29) is 10.3 Å². The van der Waals surface area contributed by atoms with E-state index in [1.807, 2.05) is 54.6 Å². The van der Waals surface area contributed by atoms with Crippen LogP contribution in [-0.2, 0) is 25.0 Å². The first-order valence-electron chi connectivity index (χ1n) is 14.4. The molecule has 1 aliphatic carbocycles. The molecule has 9 heteroatoms. The number of fused-ring (bicyclic) bond motifs is 1. The summed E-state index contributed by atoms with van der Waals surface area (Å²) in [5.74, 6) is -0.959. The van der Waals surface area contributed by atoms with Crippen molar-refractivity contribution in [1.82, 2.24) is 10.0 Å². The smallest absolute Gasteiger partial charge is 0.272 e. The molecule has 3 aromatic rings. The summed E-state index contributed by atoms with van der Waals surface area (Å²) in [6.45, 7) is 6.19. The summed E-state index contributed by atoms with van der Waals surface area (Å²) in [7, 11) is -2.38. The van der Waals surface area contributed by atoms with Gasteiger partial charge in [-0.25, -0.2) is 13.4 Å². The van der Waals surface area contributed by atoms with E-state index in [0.29, 0.717) is 37.1 Å². The van der Waals surface area contributed by atoms with E-state index in [1.165, 1.54) is 4.90 Å². The first-order chi connectivity index (χ1) is 19.9. The zero-order valence-corrected chi connectivity index (χ0v) is 25.4. The Morgan fingerprint density at radius 1 is 0.905 bits per heavy atom. The molecule has 2 N–H and O–H groups in total. The van der Waals surface area contributed by atoms with E-state index >= 15 is 0 Å². The molecular formula is C33H38N4O4S. The van der Waals surface area contributed by atoms with Crippen LogP contribution in [0.15, 0.2) is 88.8 Å². The van der Waals surface area contributed by atoms with Crippen LogP contribution < -0.4 is 14.9 Å². The Labute approximate surface area is 248 Å². The lowest BCUT2D eigenvalue weighted by atomic mass is 9.82. The molecular weight excluding hydrogens is 548 g/mol. The fourth-order valence-electron chi connectivity index (χ4n) is 5.69. The monoisotopic (exact) mass is 586 g/mol. The highest BCUT2D eigenvalue weighted by Crippen LogP contribution is 2.32. The minimum atomic E-state index is -4.04. The molecule has 1 atom stereocenters. The lowest BCUT2D eigenvalue weighted by Gasteiger charge is -2.37. The normalized spacial score (nSPS) is 19.0. The van der Waals surface area contributed by atoms with Gasteiger partial charge in [-0.3, -0.25) is 9.59 Å². The summed E-state index contributed by atoms with van der Waals surface area (Å²) in [5.41, 5.74) is 2.30. The Morgan fingerprint density at radius 2 is 1.52 bits per heavy atom. The van der Waals surface area contributed by atoms with Crippen LogP contribution in [0.4, 0.5) is 5.69 Å². The molecule has 0 radical (unpaired) electrons. The van der Waals surface area contributed by atoms with Crippen molar-refractivity contribution in [3.63, 3.8) is 0 Å². The highest BCUT2D eigenvalue weighted by atomic mass is 32.2. The number of carbonyl (C=O) groups excluding carboxylic acids is 2. The molecule has 3 aromatic carbocycles. The van der Waals surface area contributed by atoms with Gasteiger partial charge in [0.2, 0.25) is 22.1 Å². The maximum absolute atomic E-state index is 14.1. The fourth-order valence-corrected chi connectivity index (χ4v) is 7.11. The van der Waals surface area contributed by atoms with Crippen molar-refractivity contribution in [1.29, 1.82) is 0 Å². The summed E-state index contributed by atoms with van der Waals surface area (Å²) >= 11 is 0. The van der Waals surface area contributed by atoms with E-state index < -0.39 is 33.5 Å². The SMILES string of the molecule is CN1C(=O)C(NC(=O)C2(NS(=O)(=O)c3ccc(C(C)(C)C)cc3)CCCCC2)N=C(c2ccccc2)c2ccccc21. The van der Waals surface area contributed by atoms with Crippen molar-refractivity contribution in [2.24, 2.45) is 4.99 Å². The number of aliphatic imine (C=N–C) groups is 1. The lowest BCUT2D eigenvalue weighted by Crippen LogP contribution is -2.62. The number of rotatable bonds is 6. The summed E-state index contributed by atoms with van der Waals surface area (Å²) in [4.78, 5) is 34.2. The first-order valence-corrected chi connectivity index (χ1v) is 15.9. The van der Waals surface area contributed by atoms with E-state index in [2.05, 4.69) is 30.8 Å². The Morgan fingerprint density at radius 3 is 2.17 bits per heavy atom. The predicted octanol–water partition coefficient (Wildman–Crippen LogP) is 4.92. The van der Waals surface area contributed by atoms with Crippen molar-refractivity contribution >= 4 is 33.2 Å². The van der Waals surface area contributed by atoms with Gasteiger partial charge in [-0.15, -0.1) is 0 Å². The topological polar surface area (TPSA) is 108 Å². The number of nitrogens with one attached hydrogen (secondary N) is 2. The number of carbonyl (C=O) groups is 2. The third kappa shape index (κ3) is 5.89. The Kier molecular flexibility index (Phi) is 8.09. The standard InChI is InChI=1S/C33H38N4O4S/c1-32(2,3)24-17-19-25(20-18-24)42(40,41)36-33(21-11-6-12-22-33)31(39)35-29-30(38)37(4)27-16-10-9-15-26(27)28(34-29)23-13-7-5-8-14-23/h5,7-10,13-20,29,36H,6,11-12,21-22H2,1-4H3,(H,35,39). The van der Waals surface area contributed by atoms with Crippen molar-refractivity contribution < 1.29 is 18.0 Å². The van der Waals surface area contributed by atoms with Gasteiger partial charge in [-0.1, -0.05) is 101 Å². The molecule has 1 aliphatic heterocycles. The van der Waals surface area contributed by atoms with Gasteiger partial charge < -0.3 is 10.2 Å². The highest BCUT2D eigenvalue weighted by molar-refractivity contribution is 7.89. The first kappa shape index (κ1) is 29.7. The third-order valence-electron chi connectivity index (χ3n) is 8.16. The van der Waals surface area contributed by atoms with Crippen LogP contribution >= 0.6 is 0 Å². The molecule has 0 bridgehead atoms. The van der Waals surface area contributed by atoms with Gasteiger partial charge in [0.25, 0.3) is 5.91 Å². The Bertz CT molecular complexity index is 1600. The zero-order valence-electron chi connectivity index (χ0n) is 24.6. The van der Waals surface area contributed by atoms with Crippen molar-refractivity contribution in [3.05, 3.63) is 95.6 Å². The number of anilines is 1. The van der Waals surface area contributed by atoms with Crippen LogP contribution in [0.1, 0.15) is 69.6 Å². The van der Waals surface area contributed by atoms with E-state index in [0.717, 1.165) is 23.1 Å². The summed E-state index contributed by atoms with van der Waals surface area (Å²) in [6.07, 6.45) is 1.67. The van der Waals surface area contributed by atoms with Crippen LogP contribution in [0.3, 0.4) is 0 Å². The molecule has 0 spiro atoms. The lowest BCUT2D eigenvalue weighted by molar-refractivity contribution is -0.132.